The van der Waals surface area contributed by atoms with Gasteiger partial charge in [-0.05, 0) is 36.4 Å². The molecule has 0 radical (unpaired) electrons. The molecule has 5 nitrogen and oxygen atoms in total. The lowest BCUT2D eigenvalue weighted by Crippen LogP contribution is -2.40. The summed E-state index contributed by atoms with van der Waals surface area (Å²) < 4.78 is 29.7. The Morgan fingerprint density at radius 1 is 1.27 bits per heavy atom. The molecule has 164 valence electrons. The number of amides is 1. The minimum Gasteiger partial charge on any atom is -0.490 e. The fourth-order valence-corrected chi connectivity index (χ4v) is 6.50. The topological polar surface area (TPSA) is 63.7 Å². The molecule has 0 aliphatic carbocycles. The highest BCUT2D eigenvalue weighted by Crippen LogP contribution is 2.35. The van der Waals surface area contributed by atoms with Crippen LogP contribution in [0.25, 0.3) is 0 Å². The van der Waals surface area contributed by atoms with Crippen molar-refractivity contribution in [1.82, 2.24) is 4.90 Å². The van der Waals surface area contributed by atoms with Crippen molar-refractivity contribution < 1.29 is 17.9 Å². The van der Waals surface area contributed by atoms with E-state index in [2.05, 4.69) is 6.92 Å². The van der Waals surface area contributed by atoms with Crippen molar-refractivity contribution in [2.75, 3.05) is 18.1 Å². The summed E-state index contributed by atoms with van der Waals surface area (Å²) in [6, 6.07) is 6.58. The van der Waals surface area contributed by atoms with Gasteiger partial charge in [-0.2, -0.15) is 0 Å². The Kier molecular flexibility index (Phi) is 8.07. The number of hydrogen-bond acceptors (Lipinski definition) is 5. The van der Waals surface area contributed by atoms with E-state index in [-0.39, 0.29) is 33.5 Å². The van der Waals surface area contributed by atoms with E-state index in [0.717, 1.165) is 24.1 Å². The number of halogens is 2. The molecular formula is C21H25Cl2NO4S2. The van der Waals surface area contributed by atoms with E-state index in [9.17, 15) is 13.2 Å². The summed E-state index contributed by atoms with van der Waals surface area (Å²) >= 11 is 14.3. The summed E-state index contributed by atoms with van der Waals surface area (Å²) in [4.78, 5) is 16.0. The zero-order valence-corrected chi connectivity index (χ0v) is 19.9. The van der Waals surface area contributed by atoms with Gasteiger partial charge >= 0.3 is 0 Å². The van der Waals surface area contributed by atoms with Crippen LogP contribution < -0.4 is 4.74 Å². The number of carbonyl (C=O) groups excluding carboxylic acids is 1. The van der Waals surface area contributed by atoms with Crippen LogP contribution in [0.1, 0.15) is 47.8 Å². The molecule has 0 spiro atoms. The van der Waals surface area contributed by atoms with Gasteiger partial charge in [0.2, 0.25) is 0 Å². The van der Waals surface area contributed by atoms with Gasteiger partial charge in [0, 0.05) is 16.5 Å². The predicted octanol–water partition coefficient (Wildman–Crippen LogP) is 5.45. The maximum absolute atomic E-state index is 13.4. The molecule has 1 amide bonds. The molecule has 2 heterocycles. The van der Waals surface area contributed by atoms with E-state index in [1.54, 1.807) is 17.0 Å². The molecule has 30 heavy (non-hydrogen) atoms. The third-order valence-electron chi connectivity index (χ3n) is 5.06. The van der Waals surface area contributed by atoms with Crippen LogP contribution in [0.3, 0.4) is 0 Å². The quantitative estimate of drug-likeness (QED) is 0.439. The van der Waals surface area contributed by atoms with Gasteiger partial charge in [-0.15, -0.1) is 11.3 Å². The highest BCUT2D eigenvalue weighted by atomic mass is 35.5. The minimum atomic E-state index is -3.14. The summed E-state index contributed by atoms with van der Waals surface area (Å²) in [5.41, 5.74) is 0.326. The zero-order valence-electron chi connectivity index (χ0n) is 16.8. The second kappa shape index (κ2) is 10.4. The number of benzene rings is 1. The molecule has 1 atom stereocenters. The van der Waals surface area contributed by atoms with E-state index in [1.165, 1.54) is 11.3 Å². The number of ether oxygens (including phenoxy) is 1. The average molecular weight is 490 g/mol. The molecule has 0 saturated carbocycles. The Balaban J connectivity index is 1.83. The van der Waals surface area contributed by atoms with Crippen LogP contribution in [0.15, 0.2) is 29.6 Å². The van der Waals surface area contributed by atoms with E-state index in [0.29, 0.717) is 30.9 Å². The number of unbranched alkanes of at least 4 members (excludes halogenated alkanes) is 2. The molecule has 9 heteroatoms. The normalized spacial score (nSPS) is 17.8. The van der Waals surface area contributed by atoms with Crippen LogP contribution in [-0.4, -0.2) is 43.4 Å². The largest absolute Gasteiger partial charge is 0.490 e. The smallest absolute Gasteiger partial charge is 0.254 e. The SMILES string of the molecule is CCCCCOc1c(Cl)cc(C(=O)N(Cc2cccs2)[C@H]2CCS(=O)(=O)C2)cc1Cl. The predicted molar refractivity (Wildman–Crippen MR) is 123 cm³/mol. The number of nitrogens with zero attached hydrogens (tertiary/aromatic N) is 1. The number of sulfone groups is 1. The number of thiophene rings is 1. The summed E-state index contributed by atoms with van der Waals surface area (Å²) in [7, 11) is -3.14. The molecule has 1 saturated heterocycles. The second-order valence-electron chi connectivity index (χ2n) is 7.39. The van der Waals surface area contributed by atoms with Crippen molar-refractivity contribution in [3.63, 3.8) is 0 Å². The van der Waals surface area contributed by atoms with Gasteiger partial charge in [0.05, 0.1) is 34.7 Å². The molecule has 1 aliphatic heterocycles. The maximum atomic E-state index is 13.4. The van der Waals surface area contributed by atoms with E-state index in [1.807, 2.05) is 17.5 Å². The molecule has 1 aliphatic rings. The maximum Gasteiger partial charge on any atom is 0.254 e. The Morgan fingerprint density at radius 3 is 2.57 bits per heavy atom. The first kappa shape index (κ1) is 23.4. The highest BCUT2D eigenvalue weighted by Gasteiger charge is 2.35. The van der Waals surface area contributed by atoms with Crippen molar-refractivity contribution >= 4 is 50.3 Å². The van der Waals surface area contributed by atoms with Gasteiger partial charge in [0.1, 0.15) is 0 Å². The molecule has 0 bridgehead atoms. The molecular weight excluding hydrogens is 465 g/mol. The van der Waals surface area contributed by atoms with Crippen molar-refractivity contribution in [3.8, 4) is 5.75 Å². The summed E-state index contributed by atoms with van der Waals surface area (Å²) in [6.45, 7) is 2.96. The zero-order chi connectivity index (χ0) is 21.7. The lowest BCUT2D eigenvalue weighted by Gasteiger charge is -2.28. The lowest BCUT2D eigenvalue weighted by molar-refractivity contribution is 0.0683. The first-order valence-electron chi connectivity index (χ1n) is 9.96. The van der Waals surface area contributed by atoms with Crippen molar-refractivity contribution in [2.24, 2.45) is 0 Å². The Bertz CT molecular complexity index is 954. The number of hydrogen-bond donors (Lipinski definition) is 0. The van der Waals surface area contributed by atoms with Crippen LogP contribution in [0.2, 0.25) is 10.0 Å². The molecule has 1 aromatic heterocycles. The fourth-order valence-electron chi connectivity index (χ4n) is 3.47. The number of rotatable bonds is 9. The molecule has 0 unspecified atom stereocenters. The van der Waals surface area contributed by atoms with E-state index >= 15 is 0 Å². The van der Waals surface area contributed by atoms with Crippen LogP contribution in [0.5, 0.6) is 5.75 Å². The van der Waals surface area contributed by atoms with E-state index in [4.69, 9.17) is 27.9 Å². The van der Waals surface area contributed by atoms with Crippen molar-refractivity contribution in [3.05, 3.63) is 50.1 Å². The van der Waals surface area contributed by atoms with Crippen LogP contribution in [0, 0.1) is 0 Å². The van der Waals surface area contributed by atoms with Gasteiger partial charge < -0.3 is 9.64 Å². The van der Waals surface area contributed by atoms with E-state index < -0.39 is 9.84 Å². The molecule has 0 N–H and O–H groups in total. The fraction of sp³-hybridized carbons (Fsp3) is 0.476. The molecule has 2 aromatic rings. The molecule has 1 aromatic carbocycles. The standard InChI is InChI=1S/C21H25Cl2NO4S2/c1-2-3-4-8-28-20-18(22)11-15(12-19(20)23)21(25)24(13-17-6-5-9-29-17)16-7-10-30(26,27)14-16/h5-6,9,11-12,16H,2-4,7-8,10,13-14H2,1H3/t16-/m0/s1. The van der Waals surface area contributed by atoms with Crippen molar-refractivity contribution in [1.29, 1.82) is 0 Å². The van der Waals surface area contributed by atoms with Gasteiger partial charge in [0.15, 0.2) is 15.6 Å². The van der Waals surface area contributed by atoms with Gasteiger partial charge in [0.25, 0.3) is 5.91 Å². The summed E-state index contributed by atoms with van der Waals surface area (Å²) in [5.74, 6) is 0.161. The first-order chi connectivity index (χ1) is 14.3. The Labute approximate surface area is 191 Å². The minimum absolute atomic E-state index is 0.0236. The number of carbonyl (C=O) groups is 1. The summed E-state index contributed by atoms with van der Waals surface area (Å²) in [6.07, 6.45) is 3.46. The van der Waals surface area contributed by atoms with Gasteiger partial charge in [-0.25, -0.2) is 8.42 Å². The Morgan fingerprint density at radius 2 is 2.00 bits per heavy atom. The van der Waals surface area contributed by atoms with Crippen LogP contribution in [0.4, 0.5) is 0 Å². The van der Waals surface area contributed by atoms with Crippen LogP contribution >= 0.6 is 34.5 Å². The summed E-state index contributed by atoms with van der Waals surface area (Å²) in [5, 5.41) is 2.48. The third kappa shape index (κ3) is 5.90. The molecule has 1 fully saturated rings. The second-order valence-corrected chi connectivity index (χ2v) is 11.5. The van der Waals surface area contributed by atoms with Crippen molar-refractivity contribution in [2.45, 2.75) is 45.2 Å². The third-order valence-corrected chi connectivity index (χ3v) is 8.23. The molecule has 3 rings (SSSR count). The van der Waals surface area contributed by atoms with Crippen LogP contribution in [-0.2, 0) is 16.4 Å². The monoisotopic (exact) mass is 489 g/mol. The lowest BCUT2D eigenvalue weighted by atomic mass is 10.1. The highest BCUT2D eigenvalue weighted by molar-refractivity contribution is 7.91. The Hall–Kier alpha value is -1.28. The average Bonchev–Trinajstić information content (AvgIpc) is 3.33. The van der Waals surface area contributed by atoms with Gasteiger partial charge in [-0.1, -0.05) is 49.0 Å². The van der Waals surface area contributed by atoms with Gasteiger partial charge in [-0.3, -0.25) is 4.79 Å². The first-order valence-corrected chi connectivity index (χ1v) is 13.4.